The average Bonchev–Trinajstić information content (AvgIpc) is 3.38. The van der Waals surface area contributed by atoms with Crippen molar-refractivity contribution in [3.63, 3.8) is 0 Å². The number of aliphatic hydroxyl groups is 1. The van der Waals surface area contributed by atoms with Gasteiger partial charge in [-0.05, 0) is 37.8 Å². The lowest BCUT2D eigenvalue weighted by molar-refractivity contribution is 0.169. The summed E-state index contributed by atoms with van der Waals surface area (Å²) in [6.07, 6.45) is 4.23. The number of benzene rings is 1. The molecule has 0 spiro atoms. The Bertz CT molecular complexity index is 490. The zero-order valence-corrected chi connectivity index (χ0v) is 12.9. The van der Waals surface area contributed by atoms with Gasteiger partial charge >= 0.3 is 6.03 Å². The Morgan fingerprint density at radius 3 is 2.73 bits per heavy atom. The van der Waals surface area contributed by atoms with Crippen LogP contribution in [0.5, 0.6) is 0 Å². The number of hydrogen-bond acceptors (Lipinski definition) is 3. The van der Waals surface area contributed by atoms with E-state index < -0.39 is 0 Å². The topological polar surface area (TPSA) is 55.8 Å². The van der Waals surface area contributed by atoms with E-state index in [1.54, 1.807) is 4.90 Å². The third kappa shape index (κ3) is 3.71. The smallest absolute Gasteiger partial charge is 0.318 e. The number of aliphatic hydroxyl groups excluding tert-OH is 1. The molecular weight excluding hydrogens is 278 g/mol. The van der Waals surface area contributed by atoms with E-state index in [4.69, 9.17) is 5.11 Å². The summed E-state index contributed by atoms with van der Waals surface area (Å²) in [5, 5.41) is 12.3. The minimum Gasteiger partial charge on any atom is -0.395 e. The predicted octanol–water partition coefficient (Wildman–Crippen LogP) is 1.82. The van der Waals surface area contributed by atoms with E-state index in [0.717, 1.165) is 38.8 Å². The van der Waals surface area contributed by atoms with Crippen LogP contribution in [0.2, 0.25) is 0 Å². The fourth-order valence-corrected chi connectivity index (χ4v) is 3.17. The van der Waals surface area contributed by atoms with Crippen LogP contribution in [0.15, 0.2) is 30.3 Å². The molecule has 1 unspecified atom stereocenters. The predicted molar refractivity (Wildman–Crippen MR) is 87.0 cm³/mol. The van der Waals surface area contributed by atoms with Crippen molar-refractivity contribution in [1.29, 1.82) is 0 Å². The number of rotatable bonds is 5. The number of carbonyl (C=O) groups excluding carboxylic acids is 1. The van der Waals surface area contributed by atoms with E-state index in [2.05, 4.69) is 22.3 Å². The Labute approximate surface area is 131 Å². The number of carbonyl (C=O) groups is 1. The first-order valence-electron chi connectivity index (χ1n) is 8.26. The monoisotopic (exact) mass is 303 g/mol. The van der Waals surface area contributed by atoms with E-state index in [1.165, 1.54) is 5.69 Å². The minimum absolute atomic E-state index is 0.0172. The molecule has 2 fully saturated rings. The molecule has 1 aliphatic carbocycles. The lowest BCUT2D eigenvalue weighted by Gasteiger charge is -2.36. The molecule has 1 saturated heterocycles. The van der Waals surface area contributed by atoms with Gasteiger partial charge in [0.05, 0.1) is 6.61 Å². The SMILES string of the molecule is O=C(NC1CCCN(c2ccccc2)C1)N(CCO)C1CC1. The largest absolute Gasteiger partial charge is 0.395 e. The number of hydrogen-bond donors (Lipinski definition) is 2. The minimum atomic E-state index is -0.0172. The Hall–Kier alpha value is -1.75. The quantitative estimate of drug-likeness (QED) is 0.872. The van der Waals surface area contributed by atoms with Crippen LogP contribution in [-0.2, 0) is 0 Å². The van der Waals surface area contributed by atoms with Gasteiger partial charge in [0, 0.05) is 37.4 Å². The molecule has 1 aromatic rings. The molecule has 3 rings (SSSR count). The molecule has 1 aromatic carbocycles. The molecule has 1 aliphatic heterocycles. The number of para-hydroxylation sites is 1. The summed E-state index contributed by atoms with van der Waals surface area (Å²) in [6.45, 7) is 2.36. The van der Waals surface area contributed by atoms with Crippen molar-refractivity contribution in [3.8, 4) is 0 Å². The number of amides is 2. The van der Waals surface area contributed by atoms with Gasteiger partial charge in [-0.15, -0.1) is 0 Å². The summed E-state index contributed by atoms with van der Waals surface area (Å²) in [5.41, 5.74) is 1.22. The molecule has 2 amide bonds. The number of nitrogens with zero attached hydrogens (tertiary/aromatic N) is 2. The van der Waals surface area contributed by atoms with Gasteiger partial charge in [0.25, 0.3) is 0 Å². The first-order chi connectivity index (χ1) is 10.8. The van der Waals surface area contributed by atoms with Crippen LogP contribution >= 0.6 is 0 Å². The molecule has 1 atom stereocenters. The highest BCUT2D eigenvalue weighted by Gasteiger charge is 2.33. The second-order valence-electron chi connectivity index (χ2n) is 6.22. The van der Waals surface area contributed by atoms with Gasteiger partial charge < -0.3 is 20.2 Å². The van der Waals surface area contributed by atoms with Crippen molar-refractivity contribution < 1.29 is 9.90 Å². The number of piperidine rings is 1. The molecule has 22 heavy (non-hydrogen) atoms. The first-order valence-corrected chi connectivity index (χ1v) is 8.26. The van der Waals surface area contributed by atoms with Crippen LogP contribution in [0.3, 0.4) is 0 Å². The Balaban J connectivity index is 1.56. The second-order valence-corrected chi connectivity index (χ2v) is 6.22. The molecule has 0 bridgehead atoms. The maximum Gasteiger partial charge on any atom is 0.318 e. The molecule has 5 heteroatoms. The molecule has 0 radical (unpaired) electrons. The van der Waals surface area contributed by atoms with Crippen LogP contribution < -0.4 is 10.2 Å². The van der Waals surface area contributed by atoms with Gasteiger partial charge in [-0.2, -0.15) is 0 Å². The highest BCUT2D eigenvalue weighted by Crippen LogP contribution is 2.27. The van der Waals surface area contributed by atoms with Crippen molar-refractivity contribution in [2.75, 3.05) is 31.1 Å². The van der Waals surface area contributed by atoms with Crippen molar-refractivity contribution >= 4 is 11.7 Å². The summed E-state index contributed by atoms with van der Waals surface area (Å²) < 4.78 is 0. The normalized spacial score (nSPS) is 21.5. The maximum atomic E-state index is 12.4. The van der Waals surface area contributed by atoms with Crippen LogP contribution in [0.1, 0.15) is 25.7 Å². The highest BCUT2D eigenvalue weighted by atomic mass is 16.3. The van der Waals surface area contributed by atoms with Crippen molar-refractivity contribution in [1.82, 2.24) is 10.2 Å². The van der Waals surface area contributed by atoms with Crippen molar-refractivity contribution in [3.05, 3.63) is 30.3 Å². The van der Waals surface area contributed by atoms with E-state index in [1.807, 2.05) is 18.2 Å². The van der Waals surface area contributed by atoms with Gasteiger partial charge in [-0.1, -0.05) is 18.2 Å². The van der Waals surface area contributed by atoms with Gasteiger partial charge in [0.15, 0.2) is 0 Å². The number of urea groups is 1. The first kappa shape index (κ1) is 15.2. The van der Waals surface area contributed by atoms with Crippen molar-refractivity contribution in [2.24, 2.45) is 0 Å². The molecule has 0 aromatic heterocycles. The summed E-state index contributed by atoms with van der Waals surface area (Å²) in [5.74, 6) is 0. The Kier molecular flexibility index (Phi) is 4.83. The van der Waals surface area contributed by atoms with Gasteiger partial charge in [-0.25, -0.2) is 4.79 Å². The molecular formula is C17H25N3O2. The molecule has 1 heterocycles. The Morgan fingerprint density at radius 2 is 2.05 bits per heavy atom. The zero-order chi connectivity index (χ0) is 15.4. The summed E-state index contributed by atoms with van der Waals surface area (Å²) in [6, 6.07) is 10.9. The molecule has 2 N–H and O–H groups in total. The summed E-state index contributed by atoms with van der Waals surface area (Å²) in [4.78, 5) is 16.5. The fraction of sp³-hybridized carbons (Fsp3) is 0.588. The van der Waals surface area contributed by atoms with Crippen LogP contribution in [0, 0.1) is 0 Å². The summed E-state index contributed by atoms with van der Waals surface area (Å²) in [7, 11) is 0. The van der Waals surface area contributed by atoms with Gasteiger partial charge in [0.2, 0.25) is 0 Å². The Morgan fingerprint density at radius 1 is 1.27 bits per heavy atom. The van der Waals surface area contributed by atoms with Crippen LogP contribution in [-0.4, -0.2) is 54.4 Å². The third-order valence-corrected chi connectivity index (χ3v) is 4.46. The van der Waals surface area contributed by atoms with Crippen LogP contribution in [0.25, 0.3) is 0 Å². The van der Waals surface area contributed by atoms with Gasteiger partial charge in [-0.3, -0.25) is 0 Å². The van der Waals surface area contributed by atoms with E-state index in [-0.39, 0.29) is 18.7 Å². The fourth-order valence-electron chi connectivity index (χ4n) is 3.17. The summed E-state index contributed by atoms with van der Waals surface area (Å²) >= 11 is 0. The van der Waals surface area contributed by atoms with E-state index >= 15 is 0 Å². The number of anilines is 1. The highest BCUT2D eigenvalue weighted by molar-refractivity contribution is 5.75. The number of nitrogens with one attached hydrogen (secondary N) is 1. The van der Waals surface area contributed by atoms with Crippen LogP contribution in [0.4, 0.5) is 10.5 Å². The van der Waals surface area contributed by atoms with Gasteiger partial charge in [0.1, 0.15) is 0 Å². The lowest BCUT2D eigenvalue weighted by atomic mass is 10.0. The molecule has 120 valence electrons. The average molecular weight is 303 g/mol. The zero-order valence-electron chi connectivity index (χ0n) is 12.9. The molecule has 2 aliphatic rings. The standard InChI is InChI=1S/C17H25N3O2/c21-12-11-20(16-8-9-16)17(22)18-14-5-4-10-19(13-14)15-6-2-1-3-7-15/h1-3,6-7,14,16,21H,4-5,8-13H2,(H,18,22). The van der Waals surface area contributed by atoms with E-state index in [9.17, 15) is 4.79 Å². The molecule has 1 saturated carbocycles. The van der Waals surface area contributed by atoms with Crippen molar-refractivity contribution in [2.45, 2.75) is 37.8 Å². The van der Waals surface area contributed by atoms with E-state index in [0.29, 0.717) is 12.6 Å². The third-order valence-electron chi connectivity index (χ3n) is 4.46. The second kappa shape index (κ2) is 7.01. The molecule has 5 nitrogen and oxygen atoms in total. The maximum absolute atomic E-state index is 12.4. The lowest BCUT2D eigenvalue weighted by Crippen LogP contribution is -2.52.